The van der Waals surface area contributed by atoms with Crippen molar-refractivity contribution in [2.45, 2.75) is 19.0 Å². The number of amides is 3. The highest BCUT2D eigenvalue weighted by atomic mass is 79.9. The largest absolute Gasteiger partial charge is 0.454 e. The first kappa shape index (κ1) is 22.4. The molecule has 5 rings (SSSR count). The lowest BCUT2D eigenvalue weighted by Gasteiger charge is -2.28. The molecule has 1 atom stereocenters. The van der Waals surface area contributed by atoms with E-state index in [0.29, 0.717) is 27.8 Å². The standard InChI is InChI=1S/C25H18BrClN2O5/c26-17-4-8-19(9-5-17)29-23(30)12-20(25(29)32)28(24(31)16-2-6-18(27)7-3-16)13-15-1-10-21-22(11-15)34-14-33-21/h1-11,20H,12-14H2/t20-/m0/s1. The molecule has 0 N–H and O–H groups in total. The van der Waals surface area contributed by atoms with E-state index in [2.05, 4.69) is 15.9 Å². The van der Waals surface area contributed by atoms with Crippen LogP contribution < -0.4 is 14.4 Å². The Morgan fingerprint density at radius 2 is 1.71 bits per heavy atom. The number of hydrogen-bond acceptors (Lipinski definition) is 5. The first-order chi connectivity index (χ1) is 16.4. The fourth-order valence-corrected chi connectivity index (χ4v) is 4.43. The number of carbonyl (C=O) groups excluding carboxylic acids is 3. The van der Waals surface area contributed by atoms with Crippen molar-refractivity contribution in [1.29, 1.82) is 0 Å². The van der Waals surface area contributed by atoms with Crippen molar-refractivity contribution in [3.05, 3.63) is 87.4 Å². The molecule has 2 heterocycles. The second-order valence-electron chi connectivity index (χ2n) is 7.89. The zero-order valence-corrected chi connectivity index (χ0v) is 20.1. The zero-order chi connectivity index (χ0) is 23.8. The Morgan fingerprint density at radius 1 is 1.00 bits per heavy atom. The number of hydrogen-bond donors (Lipinski definition) is 0. The van der Waals surface area contributed by atoms with E-state index in [1.54, 1.807) is 60.7 Å². The molecule has 3 amide bonds. The van der Waals surface area contributed by atoms with Crippen molar-refractivity contribution in [3.63, 3.8) is 0 Å². The quantitative estimate of drug-likeness (QED) is 0.434. The second-order valence-corrected chi connectivity index (χ2v) is 9.24. The molecule has 3 aromatic carbocycles. The Hall–Kier alpha value is -3.36. The molecule has 3 aromatic rings. The van der Waals surface area contributed by atoms with Gasteiger partial charge in [0, 0.05) is 21.6 Å². The molecule has 0 aliphatic carbocycles. The molecule has 7 nitrogen and oxygen atoms in total. The summed E-state index contributed by atoms with van der Waals surface area (Å²) in [4.78, 5) is 42.5. The van der Waals surface area contributed by atoms with Crippen molar-refractivity contribution in [2.24, 2.45) is 0 Å². The van der Waals surface area contributed by atoms with Crippen LogP contribution in [0.2, 0.25) is 5.02 Å². The summed E-state index contributed by atoms with van der Waals surface area (Å²) in [6, 6.07) is 17.7. The van der Waals surface area contributed by atoms with E-state index in [4.69, 9.17) is 21.1 Å². The molecule has 0 unspecified atom stereocenters. The van der Waals surface area contributed by atoms with Crippen molar-refractivity contribution in [3.8, 4) is 11.5 Å². The van der Waals surface area contributed by atoms with Gasteiger partial charge in [-0.15, -0.1) is 0 Å². The van der Waals surface area contributed by atoms with Gasteiger partial charge >= 0.3 is 0 Å². The van der Waals surface area contributed by atoms with Gasteiger partial charge in [-0.2, -0.15) is 0 Å². The number of anilines is 1. The van der Waals surface area contributed by atoms with E-state index in [-0.39, 0.29) is 31.6 Å². The lowest BCUT2D eigenvalue weighted by atomic mass is 10.1. The summed E-state index contributed by atoms with van der Waals surface area (Å²) in [5.41, 5.74) is 1.57. The SMILES string of the molecule is O=C1C[C@H](N(Cc2ccc3c(c2)OCO3)C(=O)c2ccc(Cl)cc2)C(=O)N1c1ccc(Br)cc1. The van der Waals surface area contributed by atoms with E-state index in [0.717, 1.165) is 14.9 Å². The molecule has 0 spiro atoms. The summed E-state index contributed by atoms with van der Waals surface area (Å²) in [5, 5.41) is 0.493. The van der Waals surface area contributed by atoms with Crippen LogP contribution in [0.1, 0.15) is 22.3 Å². The van der Waals surface area contributed by atoms with Crippen molar-refractivity contribution in [1.82, 2.24) is 4.90 Å². The predicted molar refractivity (Wildman–Crippen MR) is 129 cm³/mol. The van der Waals surface area contributed by atoms with Crippen LogP contribution in [0.4, 0.5) is 5.69 Å². The number of benzene rings is 3. The third-order valence-corrected chi connectivity index (χ3v) is 6.51. The van der Waals surface area contributed by atoms with E-state index in [9.17, 15) is 14.4 Å². The normalized spacial score (nSPS) is 16.8. The van der Waals surface area contributed by atoms with Gasteiger partial charge in [0.25, 0.3) is 11.8 Å². The van der Waals surface area contributed by atoms with E-state index in [1.165, 1.54) is 4.90 Å². The number of imide groups is 1. The average molecular weight is 542 g/mol. The molecule has 1 fully saturated rings. The van der Waals surface area contributed by atoms with Crippen LogP contribution in [0.25, 0.3) is 0 Å². The van der Waals surface area contributed by atoms with Crippen LogP contribution in [0.5, 0.6) is 11.5 Å². The Bertz CT molecular complexity index is 1280. The number of rotatable bonds is 5. The van der Waals surface area contributed by atoms with Gasteiger partial charge in [0.15, 0.2) is 11.5 Å². The molecule has 1 saturated heterocycles. The second kappa shape index (κ2) is 9.12. The van der Waals surface area contributed by atoms with Crippen LogP contribution in [0.3, 0.4) is 0 Å². The maximum atomic E-state index is 13.6. The maximum absolute atomic E-state index is 13.6. The summed E-state index contributed by atoms with van der Waals surface area (Å²) >= 11 is 9.35. The molecule has 2 aliphatic rings. The maximum Gasteiger partial charge on any atom is 0.257 e. The van der Waals surface area contributed by atoms with Gasteiger partial charge in [-0.05, 0) is 66.2 Å². The molecule has 2 aliphatic heterocycles. The minimum atomic E-state index is -0.954. The fraction of sp³-hybridized carbons (Fsp3) is 0.160. The molecule has 0 radical (unpaired) electrons. The smallest absolute Gasteiger partial charge is 0.257 e. The van der Waals surface area contributed by atoms with Gasteiger partial charge < -0.3 is 14.4 Å². The molecule has 9 heteroatoms. The number of ether oxygens (including phenoxy) is 2. The molecule has 0 saturated carbocycles. The monoisotopic (exact) mass is 540 g/mol. The summed E-state index contributed by atoms with van der Waals surface area (Å²) in [7, 11) is 0. The number of halogens is 2. The molecular formula is C25H18BrClN2O5. The van der Waals surface area contributed by atoms with Gasteiger partial charge in [-0.3, -0.25) is 14.4 Å². The van der Waals surface area contributed by atoms with Crippen molar-refractivity contribution < 1.29 is 23.9 Å². The van der Waals surface area contributed by atoms with E-state index >= 15 is 0 Å². The number of carbonyl (C=O) groups is 3. The van der Waals surface area contributed by atoms with Gasteiger partial charge in [0.05, 0.1) is 12.1 Å². The molecular weight excluding hydrogens is 524 g/mol. The van der Waals surface area contributed by atoms with Crippen LogP contribution >= 0.6 is 27.5 Å². The fourth-order valence-electron chi connectivity index (χ4n) is 4.04. The van der Waals surface area contributed by atoms with Crippen molar-refractivity contribution >= 4 is 50.9 Å². The van der Waals surface area contributed by atoms with Crippen LogP contribution in [-0.4, -0.2) is 35.5 Å². The zero-order valence-electron chi connectivity index (χ0n) is 17.7. The summed E-state index contributed by atoms with van der Waals surface area (Å²) in [5.74, 6) is 0.00000169. The first-order valence-corrected chi connectivity index (χ1v) is 11.7. The Kier molecular flexibility index (Phi) is 6.02. The Morgan fingerprint density at radius 3 is 2.44 bits per heavy atom. The molecule has 0 bridgehead atoms. The van der Waals surface area contributed by atoms with E-state index < -0.39 is 11.9 Å². The average Bonchev–Trinajstić information content (AvgIpc) is 3.41. The Labute approximate surface area is 208 Å². The first-order valence-electron chi connectivity index (χ1n) is 10.5. The lowest BCUT2D eigenvalue weighted by Crippen LogP contribution is -2.45. The third-order valence-electron chi connectivity index (χ3n) is 5.73. The Balaban J connectivity index is 1.49. The minimum absolute atomic E-state index is 0.107. The highest BCUT2D eigenvalue weighted by molar-refractivity contribution is 9.10. The van der Waals surface area contributed by atoms with Crippen molar-refractivity contribution in [2.75, 3.05) is 11.7 Å². The van der Waals surface area contributed by atoms with Crippen LogP contribution in [0.15, 0.2) is 71.2 Å². The molecule has 172 valence electrons. The highest BCUT2D eigenvalue weighted by Gasteiger charge is 2.44. The van der Waals surface area contributed by atoms with Crippen LogP contribution in [-0.2, 0) is 16.1 Å². The van der Waals surface area contributed by atoms with Crippen LogP contribution in [0, 0.1) is 0 Å². The van der Waals surface area contributed by atoms with Gasteiger partial charge in [-0.1, -0.05) is 33.6 Å². The summed E-state index contributed by atoms with van der Waals surface area (Å²) in [6.07, 6.45) is -0.112. The lowest BCUT2D eigenvalue weighted by molar-refractivity contribution is -0.122. The predicted octanol–water partition coefficient (Wildman–Crippen LogP) is 4.81. The van der Waals surface area contributed by atoms with Gasteiger partial charge in [-0.25, -0.2) is 4.90 Å². The van der Waals surface area contributed by atoms with Gasteiger partial charge in [0.1, 0.15) is 6.04 Å². The molecule has 0 aromatic heterocycles. The number of fused-ring (bicyclic) bond motifs is 1. The minimum Gasteiger partial charge on any atom is -0.454 e. The third kappa shape index (κ3) is 4.26. The molecule has 34 heavy (non-hydrogen) atoms. The van der Waals surface area contributed by atoms with E-state index in [1.807, 2.05) is 6.07 Å². The highest BCUT2D eigenvalue weighted by Crippen LogP contribution is 2.34. The number of nitrogens with zero attached hydrogens (tertiary/aromatic N) is 2. The summed E-state index contributed by atoms with van der Waals surface area (Å²) < 4.78 is 11.6. The van der Waals surface area contributed by atoms with Gasteiger partial charge in [0.2, 0.25) is 12.7 Å². The topological polar surface area (TPSA) is 76.1 Å². The summed E-state index contributed by atoms with van der Waals surface area (Å²) in [6.45, 7) is 0.236.